The second-order valence-electron chi connectivity index (χ2n) is 11.6. The van der Waals surface area contributed by atoms with E-state index in [1.165, 1.54) is 11.1 Å². The molecule has 1 aliphatic carbocycles. The molecular weight excluding hydrogens is 493 g/mol. The molecule has 1 aliphatic rings. The van der Waals surface area contributed by atoms with Gasteiger partial charge in [0.15, 0.2) is 0 Å². The summed E-state index contributed by atoms with van der Waals surface area (Å²) >= 11 is 0. The number of alkyl carbamates (subject to hydrolysis) is 1. The van der Waals surface area contributed by atoms with Crippen LogP contribution in [0.25, 0.3) is 11.1 Å². The first-order valence-corrected chi connectivity index (χ1v) is 14.1. The molecule has 0 heterocycles. The smallest absolute Gasteiger partial charge is 0.408 e. The third-order valence-electron chi connectivity index (χ3n) is 6.84. The second kappa shape index (κ2) is 13.3. The monoisotopic (exact) mass is 537 g/mol. The molecule has 0 bridgehead atoms. The molecule has 6 heteroatoms. The van der Waals surface area contributed by atoms with Gasteiger partial charge in [0, 0.05) is 5.56 Å². The topological polar surface area (TPSA) is 64.6 Å². The molecule has 1 atom stereocenters. The van der Waals surface area contributed by atoms with Crippen LogP contribution in [0.3, 0.4) is 0 Å². The molecule has 1 saturated carbocycles. The highest BCUT2D eigenvalue weighted by Crippen LogP contribution is 2.45. The Labute approximate surface area is 233 Å². The van der Waals surface area contributed by atoms with Crippen molar-refractivity contribution in [2.75, 3.05) is 6.61 Å². The highest BCUT2D eigenvalue weighted by molar-refractivity contribution is 5.76. The molecule has 0 aliphatic heterocycles. The van der Waals surface area contributed by atoms with Crippen LogP contribution in [0.5, 0.6) is 0 Å². The van der Waals surface area contributed by atoms with Gasteiger partial charge in [-0.1, -0.05) is 23.8 Å². The maximum atomic E-state index is 16.1. The predicted octanol–water partition coefficient (Wildman–Crippen LogP) is 8.40. The van der Waals surface area contributed by atoms with Crippen LogP contribution in [0.1, 0.15) is 106 Å². The van der Waals surface area contributed by atoms with Crippen LogP contribution >= 0.6 is 0 Å². The minimum atomic E-state index is -0.932. The van der Waals surface area contributed by atoms with Gasteiger partial charge >= 0.3 is 12.1 Å². The molecule has 1 fully saturated rings. The molecule has 0 aromatic heterocycles. The summed E-state index contributed by atoms with van der Waals surface area (Å²) in [6.45, 7) is 15.2. The number of carbonyl (C=O) groups excluding carboxylic acids is 2. The molecule has 0 spiro atoms. The van der Waals surface area contributed by atoms with Gasteiger partial charge in [0.25, 0.3) is 0 Å². The van der Waals surface area contributed by atoms with Crippen molar-refractivity contribution in [2.24, 2.45) is 0 Å². The van der Waals surface area contributed by atoms with Gasteiger partial charge in [-0.3, -0.25) is 4.79 Å². The highest BCUT2D eigenvalue weighted by atomic mass is 19.1. The lowest BCUT2D eigenvalue weighted by Gasteiger charge is -2.25. The number of esters is 1. The van der Waals surface area contributed by atoms with Crippen LogP contribution in [0.2, 0.25) is 0 Å². The van der Waals surface area contributed by atoms with Crippen molar-refractivity contribution < 1.29 is 23.5 Å². The number of amides is 1. The number of rotatable bonds is 12. The number of halogens is 1. The Morgan fingerprint density at radius 3 is 2.49 bits per heavy atom. The van der Waals surface area contributed by atoms with E-state index < -0.39 is 23.7 Å². The van der Waals surface area contributed by atoms with Gasteiger partial charge in [-0.05, 0) is 126 Å². The van der Waals surface area contributed by atoms with Gasteiger partial charge in [0.2, 0.25) is 0 Å². The maximum absolute atomic E-state index is 16.1. The first kappa shape index (κ1) is 30.4. The van der Waals surface area contributed by atoms with Crippen LogP contribution in [0.15, 0.2) is 36.9 Å². The molecule has 1 amide bonds. The third kappa shape index (κ3) is 8.67. The van der Waals surface area contributed by atoms with Crippen molar-refractivity contribution in [3.63, 3.8) is 0 Å². The van der Waals surface area contributed by atoms with Crippen LogP contribution in [-0.4, -0.2) is 24.3 Å². The number of hydrogen-bond acceptors (Lipinski definition) is 4. The summed E-state index contributed by atoms with van der Waals surface area (Å²) < 4.78 is 26.8. The molecule has 2 aromatic rings. The summed E-state index contributed by atoms with van der Waals surface area (Å²) in [7, 11) is 0. The van der Waals surface area contributed by atoms with Crippen molar-refractivity contribution in [1.82, 2.24) is 5.32 Å². The Hall–Kier alpha value is -3.15. The average molecular weight is 538 g/mol. The molecule has 0 saturated heterocycles. The van der Waals surface area contributed by atoms with Crippen LogP contribution in [0.4, 0.5) is 9.18 Å². The van der Waals surface area contributed by atoms with E-state index >= 15 is 4.39 Å². The number of unbranched alkanes of at least 4 members (excludes halogenated alkanes) is 2. The number of hydrogen-bond donors (Lipinski definition) is 1. The van der Waals surface area contributed by atoms with Crippen molar-refractivity contribution >= 4 is 12.1 Å². The molecule has 5 nitrogen and oxygen atoms in total. The lowest BCUT2D eigenvalue weighted by Crippen LogP contribution is -2.36. The van der Waals surface area contributed by atoms with E-state index in [2.05, 4.69) is 37.9 Å². The third-order valence-corrected chi connectivity index (χ3v) is 6.84. The number of ether oxygens (including phenoxy) is 2. The minimum Gasteiger partial charge on any atom is -0.466 e. The van der Waals surface area contributed by atoms with E-state index in [1.807, 2.05) is 12.1 Å². The first-order chi connectivity index (χ1) is 18.4. The fourth-order valence-electron chi connectivity index (χ4n) is 5.10. The largest absolute Gasteiger partial charge is 0.466 e. The number of aryl methyl sites for hydroxylation is 3. The zero-order chi connectivity index (χ0) is 28.7. The van der Waals surface area contributed by atoms with Crippen LogP contribution < -0.4 is 5.32 Å². The molecule has 2 aromatic carbocycles. The zero-order valence-corrected chi connectivity index (χ0v) is 24.4. The number of nitrogens with one attached hydrogen (secondary N) is 1. The fourth-order valence-corrected chi connectivity index (χ4v) is 5.10. The number of carbonyl (C=O) groups is 2. The maximum Gasteiger partial charge on any atom is 0.408 e. The standard InChI is InChI=1S/C33H44FNO4/c1-8-10-11-12-13-24-17-21(3)16-22(4)30(24)25-18-26(23-14-15-23)31(34)27(19-25)28(20-29(36)38-9-2)35-32(37)39-33(5,6)7/h8,16-19,23,28H,1,9-15,20H2,2-7H3,(H,35,37)/t28-/m0/s1. The SMILES string of the molecule is C=CCCCCc1cc(C)cc(C)c1-c1cc(C2CC2)c(F)c([C@H](CC(=O)OCC)NC(=O)OC(C)(C)C)c1. The van der Waals surface area contributed by atoms with Crippen molar-refractivity contribution in [3.8, 4) is 11.1 Å². The van der Waals surface area contributed by atoms with Crippen LogP contribution in [-0.2, 0) is 20.7 Å². The fraction of sp³-hybridized carbons (Fsp3) is 0.515. The Balaban J connectivity index is 2.12. The van der Waals surface area contributed by atoms with E-state index in [4.69, 9.17) is 9.47 Å². The van der Waals surface area contributed by atoms with Gasteiger partial charge < -0.3 is 14.8 Å². The predicted molar refractivity (Wildman–Crippen MR) is 154 cm³/mol. The van der Waals surface area contributed by atoms with E-state index in [-0.39, 0.29) is 30.3 Å². The first-order valence-electron chi connectivity index (χ1n) is 14.1. The van der Waals surface area contributed by atoms with Gasteiger partial charge in [-0.15, -0.1) is 6.58 Å². The molecule has 212 valence electrons. The quantitative estimate of drug-likeness (QED) is 0.168. The Morgan fingerprint density at radius 2 is 1.87 bits per heavy atom. The van der Waals surface area contributed by atoms with E-state index in [0.29, 0.717) is 5.56 Å². The summed E-state index contributed by atoms with van der Waals surface area (Å²) in [6, 6.07) is 7.20. The summed E-state index contributed by atoms with van der Waals surface area (Å²) in [5.74, 6) is -0.745. The van der Waals surface area contributed by atoms with Gasteiger partial charge in [-0.25, -0.2) is 9.18 Å². The minimum absolute atomic E-state index is 0.135. The van der Waals surface area contributed by atoms with E-state index in [9.17, 15) is 9.59 Å². The molecule has 39 heavy (non-hydrogen) atoms. The Morgan fingerprint density at radius 1 is 1.15 bits per heavy atom. The summed E-state index contributed by atoms with van der Waals surface area (Å²) in [4.78, 5) is 25.3. The molecule has 1 N–H and O–H groups in total. The van der Waals surface area contributed by atoms with Crippen LogP contribution in [0, 0.1) is 19.7 Å². The number of allylic oxidation sites excluding steroid dienone is 1. The summed E-state index contributed by atoms with van der Waals surface area (Å²) in [6.07, 6.45) is 6.83. The Kier molecular flexibility index (Phi) is 10.3. The van der Waals surface area contributed by atoms with Crippen molar-refractivity contribution in [1.29, 1.82) is 0 Å². The van der Waals surface area contributed by atoms with Crippen molar-refractivity contribution in [3.05, 3.63) is 70.6 Å². The van der Waals surface area contributed by atoms with Crippen molar-refractivity contribution in [2.45, 2.75) is 104 Å². The molecule has 0 unspecified atom stereocenters. The summed E-state index contributed by atoms with van der Waals surface area (Å²) in [5, 5.41) is 2.76. The van der Waals surface area contributed by atoms with Gasteiger partial charge in [0.1, 0.15) is 11.4 Å². The highest BCUT2D eigenvalue weighted by Gasteiger charge is 2.32. The number of benzene rings is 2. The molecular formula is C33H44FNO4. The average Bonchev–Trinajstić information content (AvgIpc) is 3.66. The molecule has 3 rings (SSSR count). The Bertz CT molecular complexity index is 1190. The van der Waals surface area contributed by atoms with E-state index in [1.54, 1.807) is 33.8 Å². The summed E-state index contributed by atoms with van der Waals surface area (Å²) in [5.41, 5.74) is 5.71. The molecule has 0 radical (unpaired) electrons. The zero-order valence-electron chi connectivity index (χ0n) is 24.4. The second-order valence-corrected chi connectivity index (χ2v) is 11.6. The lowest BCUT2D eigenvalue weighted by molar-refractivity contribution is -0.143. The normalized spacial score (nSPS) is 14.0. The van der Waals surface area contributed by atoms with E-state index in [0.717, 1.165) is 55.2 Å². The van der Waals surface area contributed by atoms with Gasteiger partial charge in [-0.2, -0.15) is 0 Å². The lowest BCUT2D eigenvalue weighted by atomic mass is 9.86. The van der Waals surface area contributed by atoms with Gasteiger partial charge in [0.05, 0.1) is 19.1 Å².